The summed E-state index contributed by atoms with van der Waals surface area (Å²) in [6.45, 7) is 3.39. The van der Waals surface area contributed by atoms with E-state index in [2.05, 4.69) is 26.3 Å². The Bertz CT molecular complexity index is 776. The number of hydrogen-bond donors (Lipinski definition) is 5. The highest BCUT2D eigenvalue weighted by Crippen LogP contribution is 2.35. The monoisotopic (exact) mass is 375 g/mol. The van der Waals surface area contributed by atoms with Gasteiger partial charge in [-0.1, -0.05) is 11.6 Å². The highest BCUT2D eigenvalue weighted by molar-refractivity contribution is 6.34. The molecule has 8 heteroatoms. The van der Waals surface area contributed by atoms with Gasteiger partial charge in [0, 0.05) is 44.5 Å². The van der Waals surface area contributed by atoms with E-state index in [9.17, 15) is 10.0 Å². The van der Waals surface area contributed by atoms with E-state index in [4.69, 9.17) is 11.6 Å². The van der Waals surface area contributed by atoms with Gasteiger partial charge in [0.25, 0.3) is 5.91 Å². The average molecular weight is 376 g/mol. The van der Waals surface area contributed by atoms with Crippen LogP contribution in [0.5, 0.6) is 0 Å². The molecule has 1 aliphatic rings. The van der Waals surface area contributed by atoms with Gasteiger partial charge in [0.05, 0.1) is 22.1 Å². The highest BCUT2D eigenvalue weighted by atomic mass is 35.5. The zero-order chi connectivity index (χ0) is 18.5. The molecule has 2 aromatic carbocycles. The summed E-state index contributed by atoms with van der Waals surface area (Å²) in [5.74, 6) is -0.266. The minimum atomic E-state index is -0.266. The zero-order valence-electron chi connectivity index (χ0n) is 14.5. The van der Waals surface area contributed by atoms with Crippen LogP contribution in [0.4, 0.5) is 22.7 Å². The van der Waals surface area contributed by atoms with E-state index < -0.39 is 0 Å². The molecule has 0 unspecified atom stereocenters. The molecule has 26 heavy (non-hydrogen) atoms. The van der Waals surface area contributed by atoms with Crippen molar-refractivity contribution in [2.75, 3.05) is 54.2 Å². The maximum absolute atomic E-state index is 12.6. The number of rotatable bonds is 5. The molecular weight excluding hydrogens is 354 g/mol. The molecule has 138 valence electrons. The lowest BCUT2D eigenvalue weighted by atomic mass is 10.1. The van der Waals surface area contributed by atoms with Crippen LogP contribution in [-0.2, 0) is 0 Å². The van der Waals surface area contributed by atoms with Crippen LogP contribution in [0, 0.1) is 0 Å². The van der Waals surface area contributed by atoms with Crippen LogP contribution in [0.2, 0.25) is 5.02 Å². The van der Waals surface area contributed by atoms with Gasteiger partial charge in [-0.15, -0.1) is 0 Å². The Hall–Kier alpha value is -2.48. The molecule has 0 aliphatic carbocycles. The Labute approximate surface area is 157 Å². The second-order valence-corrected chi connectivity index (χ2v) is 6.39. The number of piperazine rings is 1. The number of nitrogens with one attached hydrogen (secondary N) is 4. The summed E-state index contributed by atoms with van der Waals surface area (Å²) in [5, 5.41) is 19.1. The van der Waals surface area contributed by atoms with E-state index in [1.54, 1.807) is 24.3 Å². The maximum Gasteiger partial charge on any atom is 0.255 e. The van der Waals surface area contributed by atoms with Gasteiger partial charge >= 0.3 is 0 Å². The molecule has 1 fully saturated rings. The molecule has 0 aromatic heterocycles. The lowest BCUT2D eigenvalue weighted by Gasteiger charge is -2.31. The van der Waals surface area contributed by atoms with Crippen molar-refractivity contribution in [2.45, 2.75) is 0 Å². The Balaban J connectivity index is 1.85. The predicted octanol–water partition coefficient (Wildman–Crippen LogP) is 2.84. The lowest BCUT2D eigenvalue weighted by Crippen LogP contribution is -2.43. The summed E-state index contributed by atoms with van der Waals surface area (Å²) in [5.41, 5.74) is 5.18. The minimum Gasteiger partial charge on any atom is -0.388 e. The molecule has 2 aromatic rings. The van der Waals surface area contributed by atoms with Gasteiger partial charge in [0.1, 0.15) is 0 Å². The van der Waals surface area contributed by atoms with E-state index in [1.807, 2.05) is 19.2 Å². The Morgan fingerprint density at radius 2 is 1.85 bits per heavy atom. The molecule has 1 amide bonds. The van der Waals surface area contributed by atoms with Crippen molar-refractivity contribution >= 4 is 40.3 Å². The molecule has 0 atom stereocenters. The average Bonchev–Trinajstić information content (AvgIpc) is 2.69. The fraction of sp³-hybridized carbons (Fsp3) is 0.278. The topological polar surface area (TPSA) is 88.7 Å². The van der Waals surface area contributed by atoms with Gasteiger partial charge in [-0.25, -0.2) is 0 Å². The van der Waals surface area contributed by atoms with Gasteiger partial charge in [0.2, 0.25) is 0 Å². The van der Waals surface area contributed by atoms with Crippen LogP contribution in [0.1, 0.15) is 10.4 Å². The Morgan fingerprint density at radius 1 is 1.15 bits per heavy atom. The van der Waals surface area contributed by atoms with Crippen molar-refractivity contribution in [1.29, 1.82) is 0 Å². The summed E-state index contributed by atoms with van der Waals surface area (Å²) >= 11 is 6.37. The molecule has 7 nitrogen and oxygen atoms in total. The fourth-order valence-corrected chi connectivity index (χ4v) is 3.17. The third kappa shape index (κ3) is 4.01. The summed E-state index contributed by atoms with van der Waals surface area (Å²) in [6.07, 6.45) is 0. The molecule has 0 radical (unpaired) electrons. The van der Waals surface area contributed by atoms with E-state index >= 15 is 0 Å². The first-order valence-electron chi connectivity index (χ1n) is 8.41. The van der Waals surface area contributed by atoms with Crippen LogP contribution in [0.3, 0.4) is 0 Å². The fourth-order valence-electron chi connectivity index (χ4n) is 2.89. The quantitative estimate of drug-likeness (QED) is 0.516. The molecule has 0 bridgehead atoms. The van der Waals surface area contributed by atoms with Gasteiger partial charge in [-0.3, -0.25) is 15.5 Å². The first kappa shape index (κ1) is 18.3. The number of nitrogens with zero attached hydrogens (tertiary/aromatic N) is 1. The van der Waals surface area contributed by atoms with Gasteiger partial charge in [-0.2, -0.15) is 0 Å². The van der Waals surface area contributed by atoms with Crippen LogP contribution in [0.25, 0.3) is 0 Å². The number of halogens is 1. The summed E-state index contributed by atoms with van der Waals surface area (Å²) in [6, 6.07) is 10.5. The Morgan fingerprint density at radius 3 is 2.46 bits per heavy atom. The summed E-state index contributed by atoms with van der Waals surface area (Å²) < 4.78 is 0. The van der Waals surface area contributed by atoms with Crippen LogP contribution < -0.4 is 26.3 Å². The number of benzene rings is 2. The molecule has 1 heterocycles. The van der Waals surface area contributed by atoms with Crippen molar-refractivity contribution in [3.05, 3.63) is 47.0 Å². The summed E-state index contributed by atoms with van der Waals surface area (Å²) in [7, 11) is 1.82. The van der Waals surface area contributed by atoms with Gasteiger partial charge in [0.15, 0.2) is 0 Å². The molecule has 3 rings (SSSR count). The van der Waals surface area contributed by atoms with Crippen molar-refractivity contribution < 1.29 is 10.0 Å². The van der Waals surface area contributed by atoms with Gasteiger partial charge in [-0.05, 0) is 36.4 Å². The first-order valence-corrected chi connectivity index (χ1v) is 8.78. The third-order valence-corrected chi connectivity index (χ3v) is 4.65. The minimum absolute atomic E-state index is 0.266. The number of hydrogen-bond acceptors (Lipinski definition) is 6. The van der Waals surface area contributed by atoms with E-state index in [0.717, 1.165) is 37.6 Å². The Kier molecular flexibility index (Phi) is 5.82. The molecule has 1 aliphatic heterocycles. The molecule has 5 N–H and O–H groups in total. The maximum atomic E-state index is 12.6. The van der Waals surface area contributed by atoms with Gasteiger partial charge < -0.3 is 20.9 Å². The third-order valence-electron chi connectivity index (χ3n) is 4.35. The number of amides is 1. The van der Waals surface area contributed by atoms with Crippen LogP contribution in [0.15, 0.2) is 36.4 Å². The van der Waals surface area contributed by atoms with Crippen molar-refractivity contribution in [3.8, 4) is 0 Å². The van der Waals surface area contributed by atoms with Crippen molar-refractivity contribution in [2.24, 2.45) is 0 Å². The standard InChI is InChI=1S/C18H22ClN5O2/c1-20-13-4-2-12(3-5-13)18(25)22-15-11-17(14(19)10-16(15)23-26)24-8-6-21-7-9-24/h2-5,10-11,20-21,23,26H,6-9H2,1H3,(H,22,25). The van der Waals surface area contributed by atoms with Crippen molar-refractivity contribution in [3.63, 3.8) is 0 Å². The SMILES string of the molecule is CNc1ccc(C(=O)Nc2cc(N3CCNCC3)c(Cl)cc2NO)cc1. The zero-order valence-corrected chi connectivity index (χ0v) is 15.2. The number of carbonyl (C=O) groups is 1. The first-order chi connectivity index (χ1) is 12.6. The normalized spacial score (nSPS) is 14.0. The largest absolute Gasteiger partial charge is 0.388 e. The van der Waals surface area contributed by atoms with Crippen molar-refractivity contribution in [1.82, 2.24) is 5.32 Å². The van der Waals surface area contributed by atoms with E-state index in [0.29, 0.717) is 22.0 Å². The number of anilines is 4. The second kappa shape index (κ2) is 8.27. The predicted molar refractivity (Wildman–Crippen MR) is 106 cm³/mol. The molecule has 1 saturated heterocycles. The highest BCUT2D eigenvalue weighted by Gasteiger charge is 2.18. The van der Waals surface area contributed by atoms with Crippen LogP contribution >= 0.6 is 11.6 Å². The smallest absolute Gasteiger partial charge is 0.255 e. The molecule has 0 spiro atoms. The lowest BCUT2D eigenvalue weighted by molar-refractivity contribution is 0.102. The molecular formula is C18H22ClN5O2. The second-order valence-electron chi connectivity index (χ2n) is 5.98. The summed E-state index contributed by atoms with van der Waals surface area (Å²) in [4.78, 5) is 14.7. The number of carbonyl (C=O) groups excluding carboxylic acids is 1. The van der Waals surface area contributed by atoms with E-state index in [-0.39, 0.29) is 5.91 Å². The van der Waals surface area contributed by atoms with E-state index in [1.165, 1.54) is 0 Å². The van der Waals surface area contributed by atoms with Crippen LogP contribution in [-0.4, -0.2) is 44.3 Å². The molecule has 0 saturated carbocycles.